The van der Waals surface area contributed by atoms with Crippen LogP contribution in [0, 0.1) is 11.2 Å². The first-order valence-corrected chi connectivity index (χ1v) is 9.57. The van der Waals surface area contributed by atoms with Crippen LogP contribution in [0.4, 0.5) is 14.9 Å². The highest BCUT2D eigenvalue weighted by Crippen LogP contribution is 2.49. The van der Waals surface area contributed by atoms with Gasteiger partial charge in [-0.1, -0.05) is 5.16 Å². The molecule has 4 heterocycles. The highest BCUT2D eigenvalue weighted by atomic mass is 19.1. The minimum absolute atomic E-state index is 0.105. The van der Waals surface area contributed by atoms with Gasteiger partial charge in [-0.15, -0.1) is 0 Å². The number of halogens is 1. The Bertz CT molecular complexity index is 1090. The highest BCUT2D eigenvalue weighted by Gasteiger charge is 2.63. The van der Waals surface area contributed by atoms with Crippen LogP contribution in [-0.2, 0) is 27.4 Å². The van der Waals surface area contributed by atoms with Crippen LogP contribution >= 0.6 is 0 Å². The Balaban J connectivity index is 1.79. The van der Waals surface area contributed by atoms with Crippen LogP contribution in [0.3, 0.4) is 0 Å². The number of hydrogen-bond acceptors (Lipinski definition) is 8. The topological polar surface area (TPSA) is 134 Å². The van der Waals surface area contributed by atoms with Gasteiger partial charge in [-0.05, 0) is 25.5 Å². The molecule has 2 saturated heterocycles. The Morgan fingerprint density at radius 3 is 2.67 bits per heavy atom. The number of amides is 4. The van der Waals surface area contributed by atoms with Crippen LogP contribution in [0.2, 0.25) is 0 Å². The van der Waals surface area contributed by atoms with E-state index in [9.17, 15) is 19.5 Å². The van der Waals surface area contributed by atoms with Gasteiger partial charge in [0.2, 0.25) is 17.4 Å². The molecule has 0 bridgehead atoms. The molecule has 30 heavy (non-hydrogen) atoms. The second kappa shape index (κ2) is 6.22. The van der Waals surface area contributed by atoms with E-state index < -0.39 is 47.8 Å². The number of aromatic nitrogens is 1. The molecule has 11 heteroatoms. The second-order valence-corrected chi connectivity index (χ2v) is 8.00. The van der Waals surface area contributed by atoms with E-state index in [4.69, 9.17) is 9.26 Å². The van der Waals surface area contributed by atoms with Crippen LogP contribution in [0.15, 0.2) is 10.6 Å². The number of imide groups is 2. The zero-order valence-corrected chi connectivity index (χ0v) is 16.2. The van der Waals surface area contributed by atoms with Crippen molar-refractivity contribution < 1.29 is 33.1 Å². The summed E-state index contributed by atoms with van der Waals surface area (Å²) in [5.41, 5.74) is -1.06. The van der Waals surface area contributed by atoms with Crippen molar-refractivity contribution in [1.82, 2.24) is 15.8 Å². The van der Waals surface area contributed by atoms with E-state index in [1.54, 1.807) is 17.9 Å². The first-order valence-electron chi connectivity index (χ1n) is 9.57. The molecule has 1 spiro atoms. The molecular formula is C19H19FN4O6. The molecule has 0 unspecified atom stereocenters. The number of barbiturate groups is 1. The molecule has 1 aromatic carbocycles. The van der Waals surface area contributed by atoms with E-state index in [1.165, 1.54) is 0 Å². The zero-order chi connectivity index (χ0) is 21.4. The molecule has 2 fully saturated rings. The molecule has 3 N–H and O–H groups in total. The molecule has 0 aliphatic carbocycles. The van der Waals surface area contributed by atoms with Gasteiger partial charge in [0, 0.05) is 13.0 Å². The van der Waals surface area contributed by atoms with Crippen molar-refractivity contribution in [1.29, 1.82) is 0 Å². The molecule has 0 radical (unpaired) electrons. The minimum Gasteiger partial charge on any atom is -0.390 e. The molecule has 3 atom stereocenters. The lowest BCUT2D eigenvalue weighted by atomic mass is 9.66. The molecule has 4 amide bonds. The maximum Gasteiger partial charge on any atom is 0.328 e. The second-order valence-electron chi connectivity index (χ2n) is 8.00. The van der Waals surface area contributed by atoms with Gasteiger partial charge >= 0.3 is 6.03 Å². The predicted octanol–water partition coefficient (Wildman–Crippen LogP) is 0.350. The smallest absolute Gasteiger partial charge is 0.328 e. The van der Waals surface area contributed by atoms with E-state index in [0.717, 1.165) is 0 Å². The molecular weight excluding hydrogens is 399 g/mol. The Morgan fingerprint density at radius 1 is 1.30 bits per heavy atom. The maximum atomic E-state index is 15.6. The average molecular weight is 418 g/mol. The van der Waals surface area contributed by atoms with Gasteiger partial charge in [0.25, 0.3) is 0 Å². The number of nitrogens with one attached hydrogen (secondary N) is 2. The Labute approximate surface area is 169 Å². The van der Waals surface area contributed by atoms with Crippen molar-refractivity contribution in [2.24, 2.45) is 5.41 Å². The summed E-state index contributed by atoms with van der Waals surface area (Å²) in [6.45, 7) is 3.29. The summed E-state index contributed by atoms with van der Waals surface area (Å²) in [6, 6.07) is -0.161. The third-order valence-electron chi connectivity index (χ3n) is 6.19. The number of hydrogen-bond donors (Lipinski definition) is 3. The van der Waals surface area contributed by atoms with E-state index in [2.05, 4.69) is 15.8 Å². The van der Waals surface area contributed by atoms with Crippen LogP contribution in [0.1, 0.15) is 25.1 Å². The van der Waals surface area contributed by atoms with Crippen LogP contribution in [-0.4, -0.2) is 52.9 Å². The van der Waals surface area contributed by atoms with Gasteiger partial charge in [-0.25, -0.2) is 9.18 Å². The number of aliphatic hydroxyl groups is 1. The fraction of sp³-hybridized carbons (Fsp3) is 0.474. The van der Waals surface area contributed by atoms with Crippen molar-refractivity contribution in [2.45, 2.75) is 45.1 Å². The Hall–Kier alpha value is -3.05. The molecule has 10 nitrogen and oxygen atoms in total. The number of ether oxygens (including phenoxy) is 1. The van der Waals surface area contributed by atoms with Gasteiger partial charge in [0.05, 0.1) is 35.9 Å². The quantitative estimate of drug-likeness (QED) is 0.565. The number of fused-ring (bicyclic) bond motifs is 5. The van der Waals surface area contributed by atoms with Gasteiger partial charge in [0.1, 0.15) is 5.69 Å². The molecule has 3 aliphatic rings. The monoisotopic (exact) mass is 418 g/mol. The summed E-state index contributed by atoms with van der Waals surface area (Å²) in [5, 5.41) is 17.8. The molecule has 3 aliphatic heterocycles. The number of carbonyl (C=O) groups is 3. The highest BCUT2D eigenvalue weighted by molar-refractivity contribution is 6.20. The lowest BCUT2D eigenvalue weighted by Gasteiger charge is -2.55. The average Bonchev–Trinajstić information content (AvgIpc) is 3.08. The third kappa shape index (κ3) is 2.30. The molecule has 2 aromatic rings. The number of aliphatic hydroxyl groups excluding tert-OH is 1. The van der Waals surface area contributed by atoms with E-state index in [1.807, 2.05) is 6.92 Å². The fourth-order valence-corrected chi connectivity index (χ4v) is 5.11. The number of benzene rings is 1. The van der Waals surface area contributed by atoms with Crippen molar-refractivity contribution in [3.8, 4) is 0 Å². The zero-order valence-electron chi connectivity index (χ0n) is 16.2. The maximum absolute atomic E-state index is 15.6. The van der Waals surface area contributed by atoms with Crippen LogP contribution < -0.4 is 15.5 Å². The van der Waals surface area contributed by atoms with Gasteiger partial charge in [-0.2, -0.15) is 0 Å². The number of nitrogens with zero attached hydrogens (tertiary/aromatic N) is 2. The fourth-order valence-electron chi connectivity index (χ4n) is 5.11. The Morgan fingerprint density at radius 2 is 2.00 bits per heavy atom. The van der Waals surface area contributed by atoms with E-state index in [-0.39, 0.29) is 41.4 Å². The van der Waals surface area contributed by atoms with Gasteiger partial charge < -0.3 is 19.3 Å². The number of urea groups is 1. The van der Waals surface area contributed by atoms with Gasteiger partial charge in [0.15, 0.2) is 11.2 Å². The number of carbonyl (C=O) groups excluding carboxylic acids is 3. The summed E-state index contributed by atoms with van der Waals surface area (Å²) in [7, 11) is 0. The molecule has 0 saturated carbocycles. The summed E-state index contributed by atoms with van der Waals surface area (Å²) >= 11 is 0. The first-order chi connectivity index (χ1) is 14.3. The van der Waals surface area contributed by atoms with Crippen LogP contribution in [0.5, 0.6) is 0 Å². The minimum atomic E-state index is -1.70. The van der Waals surface area contributed by atoms with Crippen LogP contribution in [0.25, 0.3) is 11.0 Å². The summed E-state index contributed by atoms with van der Waals surface area (Å²) < 4.78 is 26.6. The van der Waals surface area contributed by atoms with Crippen molar-refractivity contribution >= 4 is 34.5 Å². The molecule has 5 rings (SSSR count). The molecule has 1 aromatic heterocycles. The lowest BCUT2D eigenvalue weighted by molar-refractivity contribution is -0.153. The Kier molecular flexibility index (Phi) is 3.93. The summed E-state index contributed by atoms with van der Waals surface area (Å²) in [6.07, 6.45) is -1.06. The van der Waals surface area contributed by atoms with E-state index in [0.29, 0.717) is 5.56 Å². The largest absolute Gasteiger partial charge is 0.390 e. The number of anilines is 1. The number of morpholine rings is 1. The predicted molar refractivity (Wildman–Crippen MR) is 98.9 cm³/mol. The van der Waals surface area contributed by atoms with E-state index >= 15 is 4.39 Å². The van der Waals surface area contributed by atoms with Crippen molar-refractivity contribution in [3.63, 3.8) is 0 Å². The molecule has 158 valence electrons. The lowest BCUT2D eigenvalue weighted by Crippen LogP contribution is -2.75. The number of rotatable bonds is 1. The summed E-state index contributed by atoms with van der Waals surface area (Å²) in [5.74, 6) is -2.19. The van der Waals surface area contributed by atoms with Gasteiger partial charge in [-0.3, -0.25) is 20.2 Å². The van der Waals surface area contributed by atoms with Crippen molar-refractivity contribution in [3.05, 3.63) is 23.1 Å². The first kappa shape index (κ1) is 18.9. The normalized spacial score (nSPS) is 27.7. The summed E-state index contributed by atoms with van der Waals surface area (Å²) in [4.78, 5) is 39.5. The standard InChI is InChI=1S/C19H19FN4O6/c1-7-5-24-13-9(3-10-11(6-25)23-30-14(10)12(13)20)4-19(15(24)8(2)29-7)16(26)21-18(28)22-17(19)27/h3,7-8,15,25H,4-6H2,1-2H3,(H2,21,22,26,27,28)/t7-,8+,15-/m0/s1. The third-order valence-corrected chi connectivity index (χ3v) is 6.19. The van der Waals surface area contributed by atoms with Crippen molar-refractivity contribution in [2.75, 3.05) is 11.4 Å². The SMILES string of the molecule is C[C@H]1CN2c3c(cc4c(CO)noc4c3F)CC3(C(=O)NC(=O)NC3=O)[C@@H]2[C@@H](C)O1.